The molecule has 0 aliphatic carbocycles. The van der Waals surface area contributed by atoms with Gasteiger partial charge in [0, 0.05) is 6.54 Å². The highest BCUT2D eigenvalue weighted by molar-refractivity contribution is 7.89. The van der Waals surface area contributed by atoms with Crippen molar-refractivity contribution in [3.63, 3.8) is 0 Å². The molecule has 4 nitrogen and oxygen atoms in total. The van der Waals surface area contributed by atoms with Crippen LogP contribution in [-0.4, -0.2) is 28.1 Å². The number of hydrogen-bond acceptors (Lipinski definition) is 3. The van der Waals surface area contributed by atoms with Crippen molar-refractivity contribution < 1.29 is 12.8 Å². The molecule has 0 unspecified atom stereocenters. The number of aryl methyl sites for hydroxylation is 1. The third-order valence-corrected chi connectivity index (χ3v) is 4.97. The van der Waals surface area contributed by atoms with Crippen LogP contribution in [0, 0.1) is 18.7 Å². The van der Waals surface area contributed by atoms with Gasteiger partial charge in [0.25, 0.3) is 0 Å². The van der Waals surface area contributed by atoms with Crippen molar-refractivity contribution >= 4 is 10.0 Å². The number of hydrogen-bond donors (Lipinski definition) is 2. The molecule has 0 radical (unpaired) electrons. The molecule has 1 atom stereocenters. The molecule has 0 saturated carbocycles. The predicted octanol–water partition coefficient (Wildman–Crippen LogP) is 1.41. The fourth-order valence-corrected chi connectivity index (χ4v) is 3.66. The van der Waals surface area contributed by atoms with E-state index in [0.29, 0.717) is 18.0 Å². The minimum Gasteiger partial charge on any atom is -0.316 e. The van der Waals surface area contributed by atoms with E-state index in [1.54, 1.807) is 6.92 Å². The lowest BCUT2D eigenvalue weighted by Gasteiger charge is -2.23. The maximum absolute atomic E-state index is 13.0. The van der Waals surface area contributed by atoms with Crippen LogP contribution in [-0.2, 0) is 10.0 Å². The van der Waals surface area contributed by atoms with Gasteiger partial charge in [-0.1, -0.05) is 0 Å². The monoisotopic (exact) mass is 286 g/mol. The molecular weight excluding hydrogens is 267 g/mol. The smallest absolute Gasteiger partial charge is 0.240 e. The fourth-order valence-electron chi connectivity index (χ4n) is 2.32. The van der Waals surface area contributed by atoms with Crippen molar-refractivity contribution in [2.75, 3.05) is 19.6 Å². The van der Waals surface area contributed by atoms with Crippen LogP contribution in [0.15, 0.2) is 23.1 Å². The molecule has 1 fully saturated rings. The molecule has 1 aromatic carbocycles. The first kappa shape index (κ1) is 14.4. The Labute approximate surface area is 113 Å². The van der Waals surface area contributed by atoms with E-state index >= 15 is 0 Å². The van der Waals surface area contributed by atoms with Gasteiger partial charge in [0.1, 0.15) is 5.82 Å². The summed E-state index contributed by atoms with van der Waals surface area (Å²) in [4.78, 5) is 0.151. The van der Waals surface area contributed by atoms with Crippen molar-refractivity contribution in [3.05, 3.63) is 29.6 Å². The van der Waals surface area contributed by atoms with Gasteiger partial charge in [-0.2, -0.15) is 0 Å². The molecule has 1 aromatic rings. The summed E-state index contributed by atoms with van der Waals surface area (Å²) in [5, 5.41) is 3.25. The molecule has 19 heavy (non-hydrogen) atoms. The van der Waals surface area contributed by atoms with Gasteiger partial charge in [-0.25, -0.2) is 17.5 Å². The van der Waals surface area contributed by atoms with E-state index in [0.717, 1.165) is 25.9 Å². The third-order valence-electron chi connectivity index (χ3n) is 3.39. The maximum atomic E-state index is 13.0. The first-order valence-corrected chi connectivity index (χ1v) is 7.94. The minimum absolute atomic E-state index is 0.151. The number of benzene rings is 1. The fraction of sp³-hybridized carbons (Fsp3) is 0.538. The largest absolute Gasteiger partial charge is 0.316 e. The molecule has 1 aliphatic heterocycles. The molecule has 1 heterocycles. The van der Waals surface area contributed by atoms with Gasteiger partial charge in [0.15, 0.2) is 0 Å². The molecule has 106 valence electrons. The predicted molar refractivity (Wildman–Crippen MR) is 71.9 cm³/mol. The van der Waals surface area contributed by atoms with E-state index in [-0.39, 0.29) is 4.90 Å². The van der Waals surface area contributed by atoms with Gasteiger partial charge in [-0.15, -0.1) is 0 Å². The normalized spacial score (nSPS) is 20.4. The third kappa shape index (κ3) is 3.75. The highest BCUT2D eigenvalue weighted by Gasteiger charge is 2.20. The summed E-state index contributed by atoms with van der Waals surface area (Å²) >= 11 is 0. The summed E-state index contributed by atoms with van der Waals surface area (Å²) < 4.78 is 39.9. The van der Waals surface area contributed by atoms with Crippen LogP contribution in [0.5, 0.6) is 0 Å². The van der Waals surface area contributed by atoms with Gasteiger partial charge in [0.2, 0.25) is 10.0 Å². The molecular formula is C13H19FN2O2S. The minimum atomic E-state index is -3.55. The van der Waals surface area contributed by atoms with Crippen molar-refractivity contribution in [1.82, 2.24) is 10.0 Å². The summed E-state index contributed by atoms with van der Waals surface area (Å²) in [7, 11) is -3.55. The van der Waals surface area contributed by atoms with Gasteiger partial charge in [-0.05, 0) is 62.5 Å². The van der Waals surface area contributed by atoms with Crippen LogP contribution in [0.25, 0.3) is 0 Å². The van der Waals surface area contributed by atoms with Crippen molar-refractivity contribution in [2.45, 2.75) is 24.7 Å². The number of sulfonamides is 1. The van der Waals surface area contributed by atoms with Gasteiger partial charge < -0.3 is 5.32 Å². The Morgan fingerprint density at radius 2 is 2.26 bits per heavy atom. The number of halogens is 1. The van der Waals surface area contributed by atoms with Crippen LogP contribution in [0.2, 0.25) is 0 Å². The summed E-state index contributed by atoms with van der Waals surface area (Å²) in [5.41, 5.74) is 0.425. The van der Waals surface area contributed by atoms with E-state index in [2.05, 4.69) is 10.0 Å². The van der Waals surface area contributed by atoms with Gasteiger partial charge in [0.05, 0.1) is 4.90 Å². The highest BCUT2D eigenvalue weighted by atomic mass is 32.2. The molecule has 0 amide bonds. The average molecular weight is 286 g/mol. The first-order chi connectivity index (χ1) is 8.99. The second-order valence-corrected chi connectivity index (χ2v) is 6.71. The standard InChI is InChI=1S/C13H19FN2O2S/c1-10-7-12(14)4-5-13(10)19(17,18)16-9-11-3-2-6-15-8-11/h4-5,7,11,15-16H,2-3,6,8-9H2,1H3/t11-/m0/s1. The lowest BCUT2D eigenvalue weighted by atomic mass is 10.0. The molecule has 2 rings (SSSR count). The SMILES string of the molecule is Cc1cc(F)ccc1S(=O)(=O)NC[C@H]1CCCNC1. The van der Waals surface area contributed by atoms with Crippen LogP contribution < -0.4 is 10.0 Å². The van der Waals surface area contributed by atoms with Crippen LogP contribution in [0.3, 0.4) is 0 Å². The Morgan fingerprint density at radius 1 is 1.47 bits per heavy atom. The van der Waals surface area contributed by atoms with Crippen molar-refractivity contribution in [2.24, 2.45) is 5.92 Å². The van der Waals surface area contributed by atoms with E-state index < -0.39 is 15.8 Å². The Kier molecular flexibility index (Phi) is 4.54. The van der Waals surface area contributed by atoms with Crippen LogP contribution in [0.4, 0.5) is 4.39 Å². The molecule has 6 heteroatoms. The Morgan fingerprint density at radius 3 is 2.89 bits per heavy atom. The topological polar surface area (TPSA) is 58.2 Å². The summed E-state index contributed by atoms with van der Waals surface area (Å²) in [5.74, 6) is -0.0998. The Balaban J connectivity index is 2.05. The van der Waals surface area contributed by atoms with Crippen molar-refractivity contribution in [3.8, 4) is 0 Å². The molecule has 1 aliphatic rings. The zero-order chi connectivity index (χ0) is 13.9. The number of rotatable bonds is 4. The average Bonchev–Trinajstić information content (AvgIpc) is 2.37. The zero-order valence-electron chi connectivity index (χ0n) is 10.9. The van der Waals surface area contributed by atoms with Crippen LogP contribution in [0.1, 0.15) is 18.4 Å². The molecule has 1 saturated heterocycles. The zero-order valence-corrected chi connectivity index (χ0v) is 11.8. The van der Waals surface area contributed by atoms with E-state index in [1.165, 1.54) is 18.2 Å². The molecule has 0 aromatic heterocycles. The number of nitrogens with one attached hydrogen (secondary N) is 2. The summed E-state index contributed by atoms with van der Waals surface area (Å²) in [6.45, 7) is 3.86. The van der Waals surface area contributed by atoms with Gasteiger partial charge in [-0.3, -0.25) is 0 Å². The maximum Gasteiger partial charge on any atom is 0.240 e. The Bertz CT molecular complexity index is 540. The van der Waals surface area contributed by atoms with E-state index in [9.17, 15) is 12.8 Å². The van der Waals surface area contributed by atoms with E-state index in [1.807, 2.05) is 0 Å². The number of piperidine rings is 1. The quantitative estimate of drug-likeness (QED) is 0.880. The van der Waals surface area contributed by atoms with Crippen molar-refractivity contribution in [1.29, 1.82) is 0 Å². The summed E-state index contributed by atoms with van der Waals surface area (Å²) in [6, 6.07) is 3.71. The second kappa shape index (κ2) is 5.98. The summed E-state index contributed by atoms with van der Waals surface area (Å²) in [6.07, 6.45) is 2.10. The first-order valence-electron chi connectivity index (χ1n) is 6.45. The second-order valence-electron chi connectivity index (χ2n) is 4.97. The molecule has 0 bridgehead atoms. The lowest BCUT2D eigenvalue weighted by Crippen LogP contribution is -2.38. The van der Waals surface area contributed by atoms with Gasteiger partial charge >= 0.3 is 0 Å². The van der Waals surface area contributed by atoms with Crippen LogP contribution >= 0.6 is 0 Å². The highest BCUT2D eigenvalue weighted by Crippen LogP contribution is 2.17. The lowest BCUT2D eigenvalue weighted by molar-refractivity contribution is 0.376. The van der Waals surface area contributed by atoms with E-state index in [4.69, 9.17) is 0 Å². The molecule has 2 N–H and O–H groups in total. The molecule has 0 spiro atoms. The Hall–Kier alpha value is -0.980.